The molecule has 0 spiro atoms. The molecule has 0 unspecified atom stereocenters. The van der Waals surface area contributed by atoms with Crippen LogP contribution in [0.25, 0.3) is 5.69 Å². The molecule has 0 aliphatic heterocycles. The summed E-state index contributed by atoms with van der Waals surface area (Å²) in [4.78, 5) is 15.0. The molecule has 0 atom stereocenters. The van der Waals surface area contributed by atoms with Crippen molar-refractivity contribution in [2.24, 2.45) is 0 Å². The summed E-state index contributed by atoms with van der Waals surface area (Å²) in [5, 5.41) is 9.58. The van der Waals surface area contributed by atoms with Crippen molar-refractivity contribution in [2.45, 2.75) is 24.9 Å². The summed E-state index contributed by atoms with van der Waals surface area (Å²) in [6.45, 7) is 3.97. The van der Waals surface area contributed by atoms with Gasteiger partial charge in [-0.3, -0.25) is 9.36 Å². The lowest BCUT2D eigenvalue weighted by Gasteiger charge is -2.14. The van der Waals surface area contributed by atoms with Crippen LogP contribution < -0.4 is 0 Å². The topological polar surface area (TPSA) is 55.1 Å². The highest BCUT2D eigenvalue weighted by Gasteiger charge is 2.16. The van der Waals surface area contributed by atoms with Crippen molar-refractivity contribution in [3.8, 4) is 5.69 Å². The zero-order chi connectivity index (χ0) is 15.6. The predicted molar refractivity (Wildman–Crippen MR) is 81.0 cm³/mol. The molecule has 0 saturated carbocycles. The third-order valence-electron chi connectivity index (χ3n) is 2.78. The van der Waals surface area contributed by atoms with Crippen LogP contribution in [0, 0.1) is 5.82 Å². The molecule has 1 aromatic carbocycles. The molecule has 1 aromatic heterocycles. The Labute approximate surface area is 130 Å². The van der Waals surface area contributed by atoms with Crippen LogP contribution in [0.4, 0.5) is 4.39 Å². The summed E-state index contributed by atoms with van der Waals surface area (Å²) >= 11 is 6.99. The van der Waals surface area contributed by atoms with Crippen LogP contribution in [0.2, 0.25) is 5.02 Å². The molecule has 7 heteroatoms. The maximum atomic E-state index is 13.6. The quantitative estimate of drug-likeness (QED) is 0.844. The Hall–Kier alpha value is -1.53. The van der Waals surface area contributed by atoms with E-state index in [2.05, 4.69) is 4.98 Å². The van der Waals surface area contributed by atoms with Crippen molar-refractivity contribution in [1.82, 2.24) is 9.55 Å². The molecule has 0 aliphatic rings. The zero-order valence-corrected chi connectivity index (χ0v) is 13.1. The van der Waals surface area contributed by atoms with Crippen molar-refractivity contribution in [1.29, 1.82) is 0 Å². The van der Waals surface area contributed by atoms with E-state index >= 15 is 0 Å². The van der Waals surface area contributed by atoms with Crippen LogP contribution in [0.1, 0.15) is 25.5 Å². The van der Waals surface area contributed by atoms with Crippen molar-refractivity contribution in [2.75, 3.05) is 5.75 Å². The van der Waals surface area contributed by atoms with E-state index in [0.717, 1.165) is 17.5 Å². The van der Waals surface area contributed by atoms with Gasteiger partial charge in [-0.05, 0) is 24.1 Å². The predicted octanol–water partition coefficient (Wildman–Crippen LogP) is 3.96. The molecule has 4 nitrogen and oxygen atoms in total. The number of aliphatic carboxylic acids is 1. The summed E-state index contributed by atoms with van der Waals surface area (Å²) in [7, 11) is 0. The molecule has 2 rings (SSSR count). The van der Waals surface area contributed by atoms with E-state index in [1.165, 1.54) is 12.1 Å². The number of nitrogens with zero attached hydrogens (tertiary/aromatic N) is 2. The molecule has 1 heterocycles. The SMILES string of the molecule is CC(C)c1cnc(SCC(=O)O)n1-c1cc(F)cc(Cl)c1. The monoisotopic (exact) mass is 328 g/mol. The van der Waals surface area contributed by atoms with E-state index in [0.29, 0.717) is 10.8 Å². The number of thioether (sulfide) groups is 1. The van der Waals surface area contributed by atoms with Crippen molar-refractivity contribution in [3.63, 3.8) is 0 Å². The number of benzene rings is 1. The third kappa shape index (κ3) is 3.77. The molecular formula is C14H14ClFN2O2S. The smallest absolute Gasteiger partial charge is 0.313 e. The van der Waals surface area contributed by atoms with Crippen LogP contribution in [0.5, 0.6) is 0 Å². The van der Waals surface area contributed by atoms with Gasteiger partial charge in [0.15, 0.2) is 5.16 Å². The van der Waals surface area contributed by atoms with Gasteiger partial charge in [0.05, 0.1) is 17.6 Å². The van der Waals surface area contributed by atoms with E-state index < -0.39 is 11.8 Å². The van der Waals surface area contributed by atoms with E-state index in [4.69, 9.17) is 16.7 Å². The molecule has 0 amide bonds. The molecular weight excluding hydrogens is 315 g/mol. The molecule has 0 saturated heterocycles. The normalized spacial score (nSPS) is 11.1. The maximum absolute atomic E-state index is 13.6. The van der Waals surface area contributed by atoms with Crippen molar-refractivity contribution < 1.29 is 14.3 Å². The highest BCUT2D eigenvalue weighted by Crippen LogP contribution is 2.29. The first-order chi connectivity index (χ1) is 9.88. The second kappa shape index (κ2) is 6.49. The van der Waals surface area contributed by atoms with Gasteiger partial charge in [-0.15, -0.1) is 0 Å². The summed E-state index contributed by atoms with van der Waals surface area (Å²) in [5.41, 5.74) is 1.40. The number of carboxylic acids is 1. The molecule has 0 aliphatic carbocycles. The van der Waals surface area contributed by atoms with Crippen molar-refractivity contribution >= 4 is 29.3 Å². The average Bonchev–Trinajstić information content (AvgIpc) is 2.78. The molecule has 112 valence electrons. The van der Waals surface area contributed by atoms with Gasteiger partial charge in [-0.1, -0.05) is 37.2 Å². The second-order valence-corrected chi connectivity index (χ2v) is 6.14. The first-order valence-electron chi connectivity index (χ1n) is 6.27. The second-order valence-electron chi connectivity index (χ2n) is 4.77. The number of imidazole rings is 1. The molecule has 1 N–H and O–H groups in total. The minimum atomic E-state index is -0.932. The Morgan fingerprint density at radius 1 is 1.48 bits per heavy atom. The van der Waals surface area contributed by atoms with Crippen LogP contribution in [-0.2, 0) is 4.79 Å². The van der Waals surface area contributed by atoms with Crippen LogP contribution in [-0.4, -0.2) is 26.4 Å². The van der Waals surface area contributed by atoms with Crippen LogP contribution in [0.3, 0.4) is 0 Å². The van der Waals surface area contributed by atoms with E-state index in [-0.39, 0.29) is 16.7 Å². The highest BCUT2D eigenvalue weighted by molar-refractivity contribution is 7.99. The summed E-state index contributed by atoms with van der Waals surface area (Å²) in [6, 6.07) is 4.20. The summed E-state index contributed by atoms with van der Waals surface area (Å²) in [5.74, 6) is -1.34. The third-order valence-corrected chi connectivity index (χ3v) is 3.93. The van der Waals surface area contributed by atoms with Gasteiger partial charge < -0.3 is 5.11 Å². The van der Waals surface area contributed by atoms with Gasteiger partial charge in [0.2, 0.25) is 0 Å². The number of rotatable bonds is 5. The van der Waals surface area contributed by atoms with Gasteiger partial charge in [-0.2, -0.15) is 0 Å². The van der Waals surface area contributed by atoms with Crippen molar-refractivity contribution in [3.05, 3.63) is 40.9 Å². The Morgan fingerprint density at radius 2 is 2.19 bits per heavy atom. The summed E-state index contributed by atoms with van der Waals surface area (Å²) in [6.07, 6.45) is 1.67. The fourth-order valence-corrected chi connectivity index (χ4v) is 2.85. The fourth-order valence-electron chi connectivity index (χ4n) is 1.91. The Kier molecular flexibility index (Phi) is 4.90. The van der Waals surface area contributed by atoms with E-state index in [1.54, 1.807) is 16.8 Å². The molecule has 0 bridgehead atoms. The molecule has 0 radical (unpaired) electrons. The van der Waals surface area contributed by atoms with Gasteiger partial charge >= 0.3 is 5.97 Å². The molecule has 0 fully saturated rings. The lowest BCUT2D eigenvalue weighted by Crippen LogP contribution is -2.06. The largest absolute Gasteiger partial charge is 0.481 e. The number of carbonyl (C=O) groups is 1. The zero-order valence-electron chi connectivity index (χ0n) is 11.5. The number of aromatic nitrogens is 2. The highest BCUT2D eigenvalue weighted by atomic mass is 35.5. The lowest BCUT2D eigenvalue weighted by atomic mass is 10.1. The Balaban J connectivity index is 2.52. The minimum Gasteiger partial charge on any atom is -0.481 e. The number of carboxylic acid groups (broad SMARTS) is 1. The maximum Gasteiger partial charge on any atom is 0.313 e. The van der Waals surface area contributed by atoms with Crippen LogP contribution in [0.15, 0.2) is 29.6 Å². The van der Waals surface area contributed by atoms with Gasteiger partial charge in [0.25, 0.3) is 0 Å². The molecule has 21 heavy (non-hydrogen) atoms. The number of hydrogen-bond acceptors (Lipinski definition) is 3. The van der Waals surface area contributed by atoms with Gasteiger partial charge in [-0.25, -0.2) is 9.37 Å². The van der Waals surface area contributed by atoms with Gasteiger partial charge in [0, 0.05) is 10.7 Å². The first-order valence-corrected chi connectivity index (χ1v) is 7.63. The lowest BCUT2D eigenvalue weighted by molar-refractivity contribution is -0.133. The molecule has 2 aromatic rings. The number of hydrogen-bond donors (Lipinski definition) is 1. The van der Waals surface area contributed by atoms with Crippen LogP contribution >= 0.6 is 23.4 Å². The Bertz CT molecular complexity index is 653. The van der Waals surface area contributed by atoms with Gasteiger partial charge in [0.1, 0.15) is 5.82 Å². The average molecular weight is 329 g/mol. The Morgan fingerprint density at radius 3 is 2.76 bits per heavy atom. The first kappa shape index (κ1) is 15.9. The summed E-state index contributed by atoms with van der Waals surface area (Å²) < 4.78 is 15.3. The minimum absolute atomic E-state index is 0.113. The standard InChI is InChI=1S/C14H14ClFN2O2S/c1-8(2)12-6-17-14(21-7-13(19)20)18(12)11-4-9(15)3-10(16)5-11/h3-6,8H,7H2,1-2H3,(H,19,20). The number of halogens is 2. The fraction of sp³-hybridized carbons (Fsp3) is 0.286. The van der Waals surface area contributed by atoms with E-state index in [1.807, 2.05) is 13.8 Å². The van der Waals surface area contributed by atoms with E-state index in [9.17, 15) is 9.18 Å².